The Bertz CT molecular complexity index is 247. The standard InChI is InChI=1S/C13H23O2P/c1-15-13(16)8-6-11(7-9-13)10-2-4-12(14)5-3-10/h10-11H,2-9,16H2,1H3. The maximum Gasteiger partial charge on any atom is 0.132 e. The van der Waals surface area contributed by atoms with Gasteiger partial charge in [0.2, 0.25) is 0 Å². The predicted octanol–water partition coefficient (Wildman–Crippen LogP) is 3.15. The quantitative estimate of drug-likeness (QED) is 0.695. The maximum absolute atomic E-state index is 11.2. The molecule has 1 unspecified atom stereocenters. The lowest BCUT2D eigenvalue weighted by Gasteiger charge is -2.40. The van der Waals surface area contributed by atoms with Crippen LogP contribution in [-0.4, -0.2) is 18.2 Å². The van der Waals surface area contributed by atoms with Gasteiger partial charge in [0.25, 0.3) is 0 Å². The summed E-state index contributed by atoms with van der Waals surface area (Å²) in [5, 5.41) is 0.0426. The van der Waals surface area contributed by atoms with E-state index in [0.29, 0.717) is 5.78 Å². The first kappa shape index (κ1) is 12.5. The molecule has 0 bridgehead atoms. The van der Waals surface area contributed by atoms with Crippen molar-refractivity contribution in [3.05, 3.63) is 0 Å². The lowest BCUT2D eigenvalue weighted by molar-refractivity contribution is -0.121. The number of ketones is 1. The Kier molecular flexibility index (Phi) is 4.02. The Morgan fingerprint density at radius 3 is 2.12 bits per heavy atom. The fraction of sp³-hybridized carbons (Fsp3) is 0.923. The second kappa shape index (κ2) is 5.14. The molecule has 0 aliphatic heterocycles. The van der Waals surface area contributed by atoms with E-state index in [0.717, 1.165) is 50.4 Å². The molecule has 0 aromatic carbocycles. The number of carbonyl (C=O) groups excluding carboxylic acids is 1. The molecule has 16 heavy (non-hydrogen) atoms. The first-order chi connectivity index (χ1) is 7.63. The van der Waals surface area contributed by atoms with Crippen LogP contribution in [0.25, 0.3) is 0 Å². The molecule has 0 radical (unpaired) electrons. The number of methoxy groups -OCH3 is 1. The van der Waals surface area contributed by atoms with Gasteiger partial charge in [0.15, 0.2) is 0 Å². The second-order valence-corrected chi connectivity index (χ2v) is 6.53. The minimum atomic E-state index is 0.0426. The van der Waals surface area contributed by atoms with E-state index in [1.54, 1.807) is 0 Å². The number of hydrogen-bond donors (Lipinski definition) is 0. The van der Waals surface area contributed by atoms with Crippen molar-refractivity contribution in [3.63, 3.8) is 0 Å². The number of ether oxygens (including phenoxy) is 1. The van der Waals surface area contributed by atoms with Crippen molar-refractivity contribution in [1.29, 1.82) is 0 Å². The Balaban J connectivity index is 1.82. The summed E-state index contributed by atoms with van der Waals surface area (Å²) < 4.78 is 5.54. The fourth-order valence-corrected chi connectivity index (χ4v) is 3.57. The van der Waals surface area contributed by atoms with Crippen molar-refractivity contribution in [3.8, 4) is 0 Å². The molecule has 2 nitrogen and oxygen atoms in total. The zero-order valence-electron chi connectivity index (χ0n) is 10.2. The third-order valence-corrected chi connectivity index (χ3v) is 5.35. The van der Waals surface area contributed by atoms with E-state index < -0.39 is 0 Å². The topological polar surface area (TPSA) is 26.3 Å². The fourth-order valence-electron chi connectivity index (χ4n) is 3.24. The van der Waals surface area contributed by atoms with Crippen LogP contribution >= 0.6 is 9.24 Å². The SMILES string of the molecule is COC1(P)CCC(C2CCC(=O)CC2)CC1. The molecule has 0 aromatic rings. The summed E-state index contributed by atoms with van der Waals surface area (Å²) in [6.07, 6.45) is 8.80. The zero-order valence-corrected chi connectivity index (χ0v) is 11.4. The summed E-state index contributed by atoms with van der Waals surface area (Å²) in [4.78, 5) is 11.2. The summed E-state index contributed by atoms with van der Waals surface area (Å²) >= 11 is 0. The summed E-state index contributed by atoms with van der Waals surface area (Å²) in [5.41, 5.74) is 0. The van der Waals surface area contributed by atoms with Crippen molar-refractivity contribution in [2.45, 2.75) is 56.7 Å². The van der Waals surface area contributed by atoms with Crippen LogP contribution in [0.5, 0.6) is 0 Å². The average Bonchev–Trinajstić information content (AvgIpc) is 2.32. The van der Waals surface area contributed by atoms with Crippen molar-refractivity contribution in [2.75, 3.05) is 7.11 Å². The summed E-state index contributed by atoms with van der Waals surface area (Å²) in [7, 11) is 4.69. The summed E-state index contributed by atoms with van der Waals surface area (Å²) in [5.74, 6) is 2.13. The Morgan fingerprint density at radius 2 is 1.62 bits per heavy atom. The van der Waals surface area contributed by atoms with Gasteiger partial charge in [0.05, 0.1) is 5.34 Å². The Hall–Kier alpha value is 0.0600. The molecular weight excluding hydrogens is 219 g/mol. The molecule has 2 saturated carbocycles. The van der Waals surface area contributed by atoms with Gasteiger partial charge in [-0.15, -0.1) is 9.24 Å². The molecule has 3 heteroatoms. The summed E-state index contributed by atoms with van der Waals surface area (Å²) in [6.45, 7) is 0. The molecule has 2 aliphatic carbocycles. The molecule has 0 amide bonds. The lowest BCUT2D eigenvalue weighted by atomic mass is 9.72. The molecule has 0 heterocycles. The Morgan fingerprint density at radius 1 is 1.12 bits per heavy atom. The molecule has 1 atom stereocenters. The largest absolute Gasteiger partial charge is 0.374 e. The van der Waals surface area contributed by atoms with Gasteiger partial charge in [-0.25, -0.2) is 0 Å². The van der Waals surface area contributed by atoms with Gasteiger partial charge in [-0.3, -0.25) is 4.79 Å². The molecule has 0 aromatic heterocycles. The minimum Gasteiger partial charge on any atom is -0.374 e. The molecule has 0 spiro atoms. The van der Waals surface area contributed by atoms with Gasteiger partial charge in [0.1, 0.15) is 5.78 Å². The van der Waals surface area contributed by atoms with E-state index in [-0.39, 0.29) is 5.34 Å². The van der Waals surface area contributed by atoms with Gasteiger partial charge < -0.3 is 4.74 Å². The molecule has 2 fully saturated rings. The van der Waals surface area contributed by atoms with E-state index >= 15 is 0 Å². The lowest BCUT2D eigenvalue weighted by Crippen LogP contribution is -2.33. The van der Waals surface area contributed by atoms with Crippen LogP contribution in [0.15, 0.2) is 0 Å². The highest BCUT2D eigenvalue weighted by Crippen LogP contribution is 2.44. The van der Waals surface area contributed by atoms with E-state index in [4.69, 9.17) is 4.74 Å². The zero-order chi connectivity index (χ0) is 11.6. The number of carbonyl (C=O) groups is 1. The number of Topliss-reactive ketones (excluding diaryl/α,β-unsaturated/α-hetero) is 1. The molecule has 0 N–H and O–H groups in total. The number of rotatable bonds is 2. The van der Waals surface area contributed by atoms with Crippen molar-refractivity contribution in [2.24, 2.45) is 11.8 Å². The molecule has 0 saturated heterocycles. The third-order valence-electron chi connectivity index (χ3n) is 4.54. The van der Waals surface area contributed by atoms with Crippen molar-refractivity contribution in [1.82, 2.24) is 0 Å². The smallest absolute Gasteiger partial charge is 0.132 e. The third kappa shape index (κ3) is 2.84. The minimum absolute atomic E-state index is 0.0426. The monoisotopic (exact) mass is 242 g/mol. The van der Waals surface area contributed by atoms with Gasteiger partial charge >= 0.3 is 0 Å². The van der Waals surface area contributed by atoms with Gasteiger partial charge in [0, 0.05) is 20.0 Å². The highest BCUT2D eigenvalue weighted by Gasteiger charge is 2.35. The van der Waals surface area contributed by atoms with Crippen LogP contribution in [0.2, 0.25) is 0 Å². The van der Waals surface area contributed by atoms with Gasteiger partial charge in [-0.2, -0.15) is 0 Å². The van der Waals surface area contributed by atoms with Crippen molar-refractivity contribution >= 4 is 15.0 Å². The first-order valence-corrected chi connectivity index (χ1v) is 7.06. The van der Waals surface area contributed by atoms with Crippen molar-refractivity contribution < 1.29 is 9.53 Å². The van der Waals surface area contributed by atoms with E-state index in [1.807, 2.05) is 7.11 Å². The van der Waals surface area contributed by atoms with E-state index in [9.17, 15) is 4.79 Å². The predicted molar refractivity (Wildman–Crippen MR) is 68.4 cm³/mol. The van der Waals surface area contributed by atoms with Crippen LogP contribution in [0.3, 0.4) is 0 Å². The average molecular weight is 242 g/mol. The Labute approximate surface area is 101 Å². The summed E-state index contributed by atoms with van der Waals surface area (Å²) in [6, 6.07) is 0. The van der Waals surface area contributed by atoms with E-state index in [2.05, 4.69) is 9.24 Å². The van der Waals surface area contributed by atoms with Crippen LogP contribution < -0.4 is 0 Å². The van der Waals surface area contributed by atoms with Gasteiger partial charge in [-0.1, -0.05) is 0 Å². The number of hydrogen-bond acceptors (Lipinski definition) is 2. The first-order valence-electron chi connectivity index (χ1n) is 6.49. The highest BCUT2D eigenvalue weighted by atomic mass is 31.0. The second-order valence-electron chi connectivity index (χ2n) is 5.48. The van der Waals surface area contributed by atoms with E-state index in [1.165, 1.54) is 12.8 Å². The molecule has 2 rings (SSSR count). The maximum atomic E-state index is 11.2. The molecule has 92 valence electrons. The van der Waals surface area contributed by atoms with Crippen LogP contribution in [0.4, 0.5) is 0 Å². The van der Waals surface area contributed by atoms with Crippen LogP contribution in [0.1, 0.15) is 51.4 Å². The van der Waals surface area contributed by atoms with Gasteiger partial charge in [-0.05, 0) is 50.4 Å². The highest BCUT2D eigenvalue weighted by molar-refractivity contribution is 7.18. The van der Waals surface area contributed by atoms with Crippen LogP contribution in [-0.2, 0) is 9.53 Å². The molecule has 2 aliphatic rings. The molecular formula is C13H23O2P. The normalized spacial score (nSPS) is 37.6. The van der Waals surface area contributed by atoms with Crippen LogP contribution in [0, 0.1) is 11.8 Å².